The fourth-order valence-corrected chi connectivity index (χ4v) is 4.28. The van der Waals surface area contributed by atoms with E-state index in [4.69, 9.17) is 4.43 Å². The largest absolute Gasteiger partial charge is 0.417 e. The second kappa shape index (κ2) is 9.34. The average Bonchev–Trinajstić information content (AvgIpc) is 2.35. The van der Waals surface area contributed by atoms with Gasteiger partial charge in [-0.1, -0.05) is 62.9 Å². The Kier molecular flexibility index (Phi) is 8.02. The molecule has 0 aromatic heterocycles. The van der Waals surface area contributed by atoms with Gasteiger partial charge in [-0.25, -0.2) is 0 Å². The second-order valence-electron chi connectivity index (χ2n) is 5.30. The molecule has 0 aliphatic heterocycles. The van der Waals surface area contributed by atoms with Crippen LogP contribution in [-0.4, -0.2) is 15.1 Å². The first-order valence-electron chi connectivity index (χ1n) is 7.41. The molecule has 2 atom stereocenters. The van der Waals surface area contributed by atoms with Crippen molar-refractivity contribution in [1.29, 1.82) is 0 Å². The lowest BCUT2D eigenvalue weighted by Crippen LogP contribution is -2.23. The van der Waals surface area contributed by atoms with Gasteiger partial charge in [0.2, 0.25) is 0 Å². The van der Waals surface area contributed by atoms with Gasteiger partial charge in [0.1, 0.15) is 0 Å². The highest BCUT2D eigenvalue weighted by atomic mass is 28.3. The number of rotatable bonds is 9. The molecule has 0 bridgehead atoms. The van der Waals surface area contributed by atoms with Crippen molar-refractivity contribution in [3.63, 3.8) is 0 Å². The molecule has 0 amide bonds. The highest BCUT2D eigenvalue weighted by molar-refractivity contribution is 6.49. The standard InChI is InChI=1S/C16H28OSi/c1-4-5-6-8-11-15(2)17-18(3)14-16-12-9-7-10-13-16/h7,9-10,12-13,15,18H,4-6,8,11,14H2,1-3H3. The molecule has 1 aromatic carbocycles. The normalized spacial score (nSPS) is 14.4. The lowest BCUT2D eigenvalue weighted by atomic mass is 10.1. The molecule has 0 saturated carbocycles. The molecule has 102 valence electrons. The van der Waals surface area contributed by atoms with Gasteiger partial charge < -0.3 is 4.43 Å². The van der Waals surface area contributed by atoms with Crippen LogP contribution in [0.5, 0.6) is 0 Å². The molecular weight excluding hydrogens is 236 g/mol. The molecule has 0 aliphatic rings. The minimum atomic E-state index is -1.05. The topological polar surface area (TPSA) is 9.23 Å². The monoisotopic (exact) mass is 264 g/mol. The van der Waals surface area contributed by atoms with Crippen LogP contribution in [0, 0.1) is 0 Å². The van der Waals surface area contributed by atoms with Crippen molar-refractivity contribution in [3.05, 3.63) is 35.9 Å². The molecule has 2 unspecified atom stereocenters. The number of unbranched alkanes of at least 4 members (excludes halogenated alkanes) is 3. The average molecular weight is 264 g/mol. The van der Waals surface area contributed by atoms with Crippen molar-refractivity contribution in [2.75, 3.05) is 0 Å². The van der Waals surface area contributed by atoms with Gasteiger partial charge in [-0.15, -0.1) is 0 Å². The Morgan fingerprint density at radius 3 is 2.50 bits per heavy atom. The van der Waals surface area contributed by atoms with Crippen LogP contribution in [0.4, 0.5) is 0 Å². The summed E-state index contributed by atoms with van der Waals surface area (Å²) in [6.07, 6.45) is 7.04. The first-order chi connectivity index (χ1) is 8.72. The van der Waals surface area contributed by atoms with Crippen LogP contribution in [0.25, 0.3) is 0 Å². The third kappa shape index (κ3) is 6.97. The summed E-state index contributed by atoms with van der Waals surface area (Å²) in [6, 6.07) is 11.9. The Balaban J connectivity index is 2.17. The summed E-state index contributed by atoms with van der Waals surface area (Å²) in [4.78, 5) is 0. The molecule has 0 N–H and O–H groups in total. The van der Waals surface area contributed by atoms with E-state index in [1.165, 1.54) is 37.7 Å². The smallest absolute Gasteiger partial charge is 0.178 e. The van der Waals surface area contributed by atoms with Gasteiger partial charge in [0.25, 0.3) is 0 Å². The first-order valence-corrected chi connectivity index (χ1v) is 9.86. The van der Waals surface area contributed by atoms with E-state index in [9.17, 15) is 0 Å². The minimum Gasteiger partial charge on any atom is -0.417 e. The fraction of sp³-hybridized carbons (Fsp3) is 0.625. The van der Waals surface area contributed by atoms with E-state index in [-0.39, 0.29) is 0 Å². The molecule has 0 saturated heterocycles. The first kappa shape index (κ1) is 15.5. The molecule has 1 rings (SSSR count). The van der Waals surface area contributed by atoms with E-state index in [2.05, 4.69) is 50.7 Å². The third-order valence-electron chi connectivity index (χ3n) is 3.29. The van der Waals surface area contributed by atoms with Crippen molar-refractivity contribution in [1.82, 2.24) is 0 Å². The maximum Gasteiger partial charge on any atom is 0.178 e. The van der Waals surface area contributed by atoms with Crippen molar-refractivity contribution in [3.8, 4) is 0 Å². The van der Waals surface area contributed by atoms with Crippen LogP contribution in [0.15, 0.2) is 30.3 Å². The third-order valence-corrected chi connectivity index (χ3v) is 5.27. The maximum atomic E-state index is 6.17. The molecule has 18 heavy (non-hydrogen) atoms. The van der Waals surface area contributed by atoms with Gasteiger partial charge >= 0.3 is 0 Å². The molecule has 0 heterocycles. The van der Waals surface area contributed by atoms with E-state index in [1.807, 2.05) is 0 Å². The summed E-state index contributed by atoms with van der Waals surface area (Å²) < 4.78 is 6.17. The predicted octanol–water partition coefficient (Wildman–Crippen LogP) is 4.50. The van der Waals surface area contributed by atoms with Crippen molar-refractivity contribution >= 4 is 9.04 Å². The molecule has 0 radical (unpaired) electrons. The molecule has 1 nitrogen and oxygen atoms in total. The molecule has 0 aliphatic carbocycles. The van der Waals surface area contributed by atoms with Crippen LogP contribution in [0.2, 0.25) is 6.55 Å². The van der Waals surface area contributed by atoms with Crippen LogP contribution in [0.3, 0.4) is 0 Å². The molecule has 0 fully saturated rings. The van der Waals surface area contributed by atoms with Gasteiger partial charge in [-0.3, -0.25) is 0 Å². The SMILES string of the molecule is CCCCCCC(C)O[SiH](C)Cc1ccccc1. The van der Waals surface area contributed by atoms with Crippen LogP contribution in [0.1, 0.15) is 51.5 Å². The Bertz CT molecular complexity index is 299. The molecular formula is C16H28OSi. The molecule has 2 heteroatoms. The maximum absolute atomic E-state index is 6.17. The Labute approximate surface area is 114 Å². The van der Waals surface area contributed by atoms with E-state index in [0.717, 1.165) is 6.04 Å². The van der Waals surface area contributed by atoms with Gasteiger partial charge in [0, 0.05) is 6.10 Å². The van der Waals surface area contributed by atoms with Crippen LogP contribution in [-0.2, 0) is 10.5 Å². The Morgan fingerprint density at radius 2 is 1.83 bits per heavy atom. The molecule has 1 aromatic rings. The minimum absolute atomic E-state index is 0.451. The van der Waals surface area contributed by atoms with Gasteiger partial charge in [0.05, 0.1) is 0 Å². The summed E-state index contributed by atoms with van der Waals surface area (Å²) in [5.74, 6) is 0. The van der Waals surface area contributed by atoms with Crippen LogP contribution < -0.4 is 0 Å². The molecule has 0 spiro atoms. The number of hydrogen-bond donors (Lipinski definition) is 0. The zero-order valence-corrected chi connectivity index (χ0v) is 13.3. The van der Waals surface area contributed by atoms with Gasteiger partial charge in [-0.05, 0) is 31.5 Å². The van der Waals surface area contributed by atoms with E-state index in [1.54, 1.807) is 0 Å². The van der Waals surface area contributed by atoms with Crippen molar-refractivity contribution in [2.24, 2.45) is 0 Å². The zero-order valence-electron chi connectivity index (χ0n) is 12.2. The Hall–Kier alpha value is -0.603. The summed E-state index contributed by atoms with van der Waals surface area (Å²) in [5, 5.41) is 0. The van der Waals surface area contributed by atoms with Crippen LogP contribution >= 0.6 is 0 Å². The Morgan fingerprint density at radius 1 is 1.11 bits per heavy atom. The van der Waals surface area contributed by atoms with Gasteiger partial charge in [-0.2, -0.15) is 0 Å². The quantitative estimate of drug-likeness (QED) is 0.471. The summed E-state index contributed by atoms with van der Waals surface area (Å²) in [7, 11) is -1.05. The van der Waals surface area contributed by atoms with Crippen molar-refractivity contribution in [2.45, 2.75) is 64.6 Å². The fourth-order valence-electron chi connectivity index (χ4n) is 2.32. The second-order valence-corrected chi connectivity index (χ2v) is 7.60. The van der Waals surface area contributed by atoms with Crippen molar-refractivity contribution < 1.29 is 4.43 Å². The lowest BCUT2D eigenvalue weighted by molar-refractivity contribution is 0.207. The number of hydrogen-bond acceptors (Lipinski definition) is 1. The van der Waals surface area contributed by atoms with E-state index < -0.39 is 9.04 Å². The highest BCUT2D eigenvalue weighted by Crippen LogP contribution is 2.11. The highest BCUT2D eigenvalue weighted by Gasteiger charge is 2.10. The number of benzene rings is 1. The summed E-state index contributed by atoms with van der Waals surface area (Å²) >= 11 is 0. The van der Waals surface area contributed by atoms with E-state index >= 15 is 0 Å². The predicted molar refractivity (Wildman–Crippen MR) is 82.5 cm³/mol. The van der Waals surface area contributed by atoms with Gasteiger partial charge in [0.15, 0.2) is 9.04 Å². The summed E-state index contributed by atoms with van der Waals surface area (Å²) in [5.41, 5.74) is 1.43. The zero-order chi connectivity index (χ0) is 13.2. The van der Waals surface area contributed by atoms with E-state index in [0.29, 0.717) is 6.10 Å². The lowest BCUT2D eigenvalue weighted by Gasteiger charge is -2.18. The summed E-state index contributed by atoms with van der Waals surface area (Å²) in [6.45, 7) is 6.81.